The summed E-state index contributed by atoms with van der Waals surface area (Å²) in [5.74, 6) is 0.556. The molecule has 0 aliphatic heterocycles. The Morgan fingerprint density at radius 2 is 1.52 bits per heavy atom. The highest BCUT2D eigenvalue weighted by atomic mass is 35.5. The molecule has 0 aliphatic carbocycles. The quantitative estimate of drug-likeness (QED) is 0.287. The zero-order valence-corrected chi connectivity index (χ0v) is 24.8. The van der Waals surface area contributed by atoms with Gasteiger partial charge in [-0.25, -0.2) is 8.42 Å². The van der Waals surface area contributed by atoms with E-state index in [4.69, 9.17) is 16.3 Å². The molecule has 3 aromatic carbocycles. The second-order valence-electron chi connectivity index (χ2n) is 9.85. The molecule has 3 aromatic rings. The third-order valence-corrected chi connectivity index (χ3v) is 7.66. The molecule has 2 amide bonds. The van der Waals surface area contributed by atoms with Crippen LogP contribution in [0.25, 0.3) is 0 Å². The number of sulfonamides is 1. The fourth-order valence-corrected chi connectivity index (χ4v) is 5.12. The topological polar surface area (TPSA) is 96.0 Å². The van der Waals surface area contributed by atoms with Crippen molar-refractivity contribution in [2.24, 2.45) is 5.92 Å². The highest BCUT2D eigenvalue weighted by Gasteiger charge is 2.32. The first-order chi connectivity index (χ1) is 19.0. The summed E-state index contributed by atoms with van der Waals surface area (Å²) in [7, 11) is -3.86. The van der Waals surface area contributed by atoms with Crippen LogP contribution in [0.4, 0.5) is 5.69 Å². The number of nitrogens with zero attached hydrogens (tertiary/aromatic N) is 2. The molecule has 0 radical (unpaired) electrons. The van der Waals surface area contributed by atoms with Crippen molar-refractivity contribution in [2.75, 3.05) is 23.7 Å². The number of carbonyl (C=O) groups excluding carboxylic acids is 2. The number of benzene rings is 3. The number of rotatable bonds is 13. The van der Waals surface area contributed by atoms with Crippen LogP contribution >= 0.6 is 11.6 Å². The molecule has 0 aromatic heterocycles. The molecule has 10 heteroatoms. The molecule has 0 aliphatic rings. The van der Waals surface area contributed by atoms with Gasteiger partial charge in [-0.05, 0) is 60.4 Å². The standard InChI is InChI=1S/C30H36ClN3O5S/c1-5-28(30(36)32-19-22(2)3)33(20-23-11-9-10-14-27(23)31)29(35)21-34(40(4,37)38)24-15-17-26(18-16-24)39-25-12-7-6-8-13-25/h6-18,22,28H,5,19-21H2,1-4H3,(H,32,36)/t28-/m0/s1. The summed E-state index contributed by atoms with van der Waals surface area (Å²) >= 11 is 6.39. The SMILES string of the molecule is CC[C@@H](C(=O)NCC(C)C)N(Cc1ccccc1Cl)C(=O)CN(c1ccc(Oc2ccccc2)cc1)S(C)(=O)=O. The molecule has 0 saturated carbocycles. The van der Waals surface area contributed by atoms with Crippen molar-refractivity contribution < 1.29 is 22.7 Å². The van der Waals surface area contributed by atoms with E-state index < -0.39 is 28.5 Å². The van der Waals surface area contributed by atoms with Crippen molar-refractivity contribution >= 4 is 39.1 Å². The summed E-state index contributed by atoms with van der Waals surface area (Å²) in [5.41, 5.74) is 0.951. The van der Waals surface area contributed by atoms with E-state index >= 15 is 0 Å². The van der Waals surface area contributed by atoms with Gasteiger partial charge in [0.25, 0.3) is 0 Å². The molecule has 0 unspecified atom stereocenters. The lowest BCUT2D eigenvalue weighted by molar-refractivity contribution is -0.140. The van der Waals surface area contributed by atoms with E-state index in [2.05, 4.69) is 5.32 Å². The number of halogens is 1. The largest absolute Gasteiger partial charge is 0.457 e. The smallest absolute Gasteiger partial charge is 0.244 e. The third kappa shape index (κ3) is 8.72. The van der Waals surface area contributed by atoms with E-state index in [0.29, 0.717) is 40.7 Å². The van der Waals surface area contributed by atoms with E-state index in [0.717, 1.165) is 10.6 Å². The fraction of sp³-hybridized carbons (Fsp3) is 0.333. The average Bonchev–Trinajstić information content (AvgIpc) is 2.92. The summed E-state index contributed by atoms with van der Waals surface area (Å²) in [6.45, 7) is 5.79. The normalized spacial score (nSPS) is 12.1. The van der Waals surface area contributed by atoms with Gasteiger partial charge in [0.2, 0.25) is 21.8 Å². The van der Waals surface area contributed by atoms with Crippen molar-refractivity contribution in [3.63, 3.8) is 0 Å². The first-order valence-corrected chi connectivity index (χ1v) is 15.3. The Bertz CT molecular complexity index is 1380. The van der Waals surface area contributed by atoms with E-state index in [9.17, 15) is 18.0 Å². The van der Waals surface area contributed by atoms with Crippen LogP contribution in [0.3, 0.4) is 0 Å². The zero-order chi connectivity index (χ0) is 29.3. The minimum Gasteiger partial charge on any atom is -0.457 e. The van der Waals surface area contributed by atoms with Crippen molar-refractivity contribution in [3.05, 3.63) is 89.4 Å². The average molecular weight is 586 g/mol. The predicted octanol–water partition coefficient (Wildman–Crippen LogP) is 5.48. The van der Waals surface area contributed by atoms with Gasteiger partial charge in [0.1, 0.15) is 24.1 Å². The molecule has 214 valence electrons. The summed E-state index contributed by atoms with van der Waals surface area (Å²) in [4.78, 5) is 28.4. The molecule has 8 nitrogen and oxygen atoms in total. The molecule has 1 atom stereocenters. The molecular weight excluding hydrogens is 550 g/mol. The minimum absolute atomic E-state index is 0.0492. The summed E-state index contributed by atoms with van der Waals surface area (Å²) in [5, 5.41) is 3.35. The molecule has 0 bridgehead atoms. The van der Waals surface area contributed by atoms with Crippen LogP contribution in [0, 0.1) is 5.92 Å². The summed E-state index contributed by atoms with van der Waals surface area (Å²) in [6, 6.07) is 21.9. The van der Waals surface area contributed by atoms with Crippen molar-refractivity contribution in [3.8, 4) is 11.5 Å². The predicted molar refractivity (Wildman–Crippen MR) is 159 cm³/mol. The third-order valence-electron chi connectivity index (χ3n) is 6.15. The van der Waals surface area contributed by atoms with E-state index in [1.807, 2.05) is 51.1 Å². The van der Waals surface area contributed by atoms with Crippen LogP contribution in [0.1, 0.15) is 32.8 Å². The van der Waals surface area contributed by atoms with Crippen molar-refractivity contribution in [1.82, 2.24) is 10.2 Å². The Balaban J connectivity index is 1.89. The number of hydrogen-bond donors (Lipinski definition) is 1. The molecular formula is C30H36ClN3O5S. The van der Waals surface area contributed by atoms with Gasteiger partial charge in [-0.1, -0.05) is 68.8 Å². The van der Waals surface area contributed by atoms with Gasteiger partial charge >= 0.3 is 0 Å². The number of carbonyl (C=O) groups is 2. The Hall–Kier alpha value is -3.56. The maximum atomic E-state index is 13.8. The first kappa shape index (κ1) is 31.0. The van der Waals surface area contributed by atoms with E-state index in [-0.39, 0.29) is 18.4 Å². The number of amides is 2. The van der Waals surface area contributed by atoms with Crippen molar-refractivity contribution in [1.29, 1.82) is 0 Å². The molecule has 3 rings (SSSR count). The van der Waals surface area contributed by atoms with Gasteiger partial charge in [0.05, 0.1) is 11.9 Å². The lowest BCUT2D eigenvalue weighted by Gasteiger charge is -2.33. The second-order valence-corrected chi connectivity index (χ2v) is 12.2. The molecule has 0 saturated heterocycles. The molecule has 0 fully saturated rings. The highest BCUT2D eigenvalue weighted by molar-refractivity contribution is 7.92. The fourth-order valence-electron chi connectivity index (χ4n) is 4.07. The van der Waals surface area contributed by atoms with Crippen molar-refractivity contribution in [2.45, 2.75) is 39.8 Å². The van der Waals surface area contributed by atoms with Crippen LogP contribution in [-0.4, -0.2) is 50.5 Å². The Morgan fingerprint density at radius 1 is 0.925 bits per heavy atom. The Kier molecular flexibility index (Phi) is 11.0. The summed E-state index contributed by atoms with van der Waals surface area (Å²) in [6.07, 6.45) is 1.38. The monoisotopic (exact) mass is 585 g/mol. The van der Waals surface area contributed by atoms with Gasteiger partial charge in [-0.2, -0.15) is 0 Å². The molecule has 1 N–H and O–H groups in total. The first-order valence-electron chi connectivity index (χ1n) is 13.1. The number of nitrogens with one attached hydrogen (secondary N) is 1. The minimum atomic E-state index is -3.86. The Labute approximate surface area is 241 Å². The van der Waals surface area contributed by atoms with E-state index in [1.165, 1.54) is 4.90 Å². The maximum absolute atomic E-state index is 13.8. The molecule has 40 heavy (non-hydrogen) atoms. The van der Waals surface area contributed by atoms with Gasteiger partial charge < -0.3 is 15.0 Å². The van der Waals surface area contributed by atoms with Crippen LogP contribution < -0.4 is 14.4 Å². The maximum Gasteiger partial charge on any atom is 0.244 e. The van der Waals surface area contributed by atoms with Crippen LogP contribution in [-0.2, 0) is 26.2 Å². The van der Waals surface area contributed by atoms with Gasteiger partial charge in [-0.3, -0.25) is 13.9 Å². The number of anilines is 1. The molecule has 0 heterocycles. The van der Waals surface area contributed by atoms with Gasteiger partial charge in [-0.15, -0.1) is 0 Å². The van der Waals surface area contributed by atoms with Crippen LogP contribution in [0.15, 0.2) is 78.9 Å². The lowest BCUT2D eigenvalue weighted by Crippen LogP contribution is -2.52. The summed E-state index contributed by atoms with van der Waals surface area (Å²) < 4.78 is 32.5. The molecule has 0 spiro atoms. The van der Waals surface area contributed by atoms with Gasteiger partial charge in [0, 0.05) is 18.1 Å². The number of hydrogen-bond acceptors (Lipinski definition) is 5. The Morgan fingerprint density at radius 3 is 2.10 bits per heavy atom. The van der Waals surface area contributed by atoms with Crippen LogP contribution in [0.5, 0.6) is 11.5 Å². The van der Waals surface area contributed by atoms with Gasteiger partial charge in [0.15, 0.2) is 0 Å². The van der Waals surface area contributed by atoms with E-state index in [1.54, 1.807) is 48.5 Å². The zero-order valence-electron chi connectivity index (χ0n) is 23.2. The lowest BCUT2D eigenvalue weighted by atomic mass is 10.1. The second kappa shape index (κ2) is 14.2. The number of ether oxygens (including phenoxy) is 1. The van der Waals surface area contributed by atoms with Crippen LogP contribution in [0.2, 0.25) is 5.02 Å². The number of para-hydroxylation sites is 1. The highest BCUT2D eigenvalue weighted by Crippen LogP contribution is 2.26.